The highest BCUT2D eigenvalue weighted by Gasteiger charge is 2.23. The van der Waals surface area contributed by atoms with Gasteiger partial charge in [-0.2, -0.15) is 0 Å². The molecular formula is C18H22N2O4S. The van der Waals surface area contributed by atoms with E-state index in [2.05, 4.69) is 5.32 Å². The summed E-state index contributed by atoms with van der Waals surface area (Å²) in [7, 11) is -2.06. The normalized spacial score (nSPS) is 11.0. The van der Waals surface area contributed by atoms with Gasteiger partial charge >= 0.3 is 0 Å². The zero-order valence-corrected chi connectivity index (χ0v) is 15.3. The first-order chi connectivity index (χ1) is 11.9. The van der Waals surface area contributed by atoms with Crippen molar-refractivity contribution in [1.29, 1.82) is 0 Å². The average molecular weight is 362 g/mol. The number of nitrogens with one attached hydrogen (secondary N) is 1. The molecule has 0 radical (unpaired) electrons. The summed E-state index contributed by atoms with van der Waals surface area (Å²) in [6.45, 7) is 3.17. The van der Waals surface area contributed by atoms with Crippen LogP contribution in [0.3, 0.4) is 0 Å². The highest BCUT2D eigenvalue weighted by molar-refractivity contribution is 7.92. The fraction of sp³-hybridized carbons (Fsp3) is 0.278. The molecule has 0 aliphatic carbocycles. The Labute approximate surface area is 148 Å². The number of amides is 1. The smallest absolute Gasteiger partial charge is 0.245 e. The summed E-state index contributed by atoms with van der Waals surface area (Å²) in [5.41, 5.74) is 2.06. The summed E-state index contributed by atoms with van der Waals surface area (Å²) in [5.74, 6) is 0.108. The van der Waals surface area contributed by atoms with Gasteiger partial charge in [-0.25, -0.2) is 8.42 Å². The van der Waals surface area contributed by atoms with Crippen molar-refractivity contribution in [3.63, 3.8) is 0 Å². The Morgan fingerprint density at radius 2 is 1.84 bits per heavy atom. The minimum atomic E-state index is -3.60. The van der Waals surface area contributed by atoms with Crippen LogP contribution in [0.4, 0.5) is 11.4 Å². The highest BCUT2D eigenvalue weighted by atomic mass is 32.2. The van der Waals surface area contributed by atoms with Crippen LogP contribution >= 0.6 is 0 Å². The standard InChI is InChI=1S/C18H22N2O4S/c1-4-25(22,23)20(16-8-10-17(24-3)11-9-16)13-18(21)19-15-7-5-6-14(2)12-15/h5-12H,4,13H2,1-3H3,(H,19,21). The van der Waals surface area contributed by atoms with Gasteiger partial charge in [-0.05, 0) is 55.8 Å². The Hall–Kier alpha value is -2.54. The van der Waals surface area contributed by atoms with Gasteiger partial charge in [0.1, 0.15) is 12.3 Å². The molecule has 0 spiro atoms. The maximum atomic E-state index is 12.4. The van der Waals surface area contributed by atoms with Crippen LogP contribution in [0.15, 0.2) is 48.5 Å². The molecule has 2 aromatic rings. The van der Waals surface area contributed by atoms with Crippen molar-refractivity contribution in [2.24, 2.45) is 0 Å². The summed E-state index contributed by atoms with van der Waals surface area (Å²) in [4.78, 5) is 12.4. The first-order valence-electron chi connectivity index (χ1n) is 7.86. The number of methoxy groups -OCH3 is 1. The third-order valence-corrected chi connectivity index (χ3v) is 5.39. The predicted molar refractivity (Wildman–Crippen MR) is 99.6 cm³/mol. The first kappa shape index (κ1) is 18.8. The zero-order valence-electron chi connectivity index (χ0n) is 14.5. The lowest BCUT2D eigenvalue weighted by Crippen LogP contribution is -2.39. The summed E-state index contributed by atoms with van der Waals surface area (Å²) in [6.07, 6.45) is 0. The number of nitrogens with zero attached hydrogens (tertiary/aromatic N) is 1. The van der Waals surface area contributed by atoms with Crippen molar-refractivity contribution in [3.05, 3.63) is 54.1 Å². The molecule has 0 heterocycles. The minimum absolute atomic E-state index is 0.100. The lowest BCUT2D eigenvalue weighted by Gasteiger charge is -2.23. The molecule has 0 atom stereocenters. The van der Waals surface area contributed by atoms with Crippen LogP contribution < -0.4 is 14.4 Å². The van der Waals surface area contributed by atoms with Crippen molar-refractivity contribution in [3.8, 4) is 5.75 Å². The number of carbonyl (C=O) groups excluding carboxylic acids is 1. The Morgan fingerprint density at radius 3 is 2.40 bits per heavy atom. The molecule has 2 aromatic carbocycles. The third kappa shape index (κ3) is 4.96. The molecule has 0 bridgehead atoms. The lowest BCUT2D eigenvalue weighted by molar-refractivity contribution is -0.114. The van der Waals surface area contributed by atoms with E-state index in [0.29, 0.717) is 17.1 Å². The summed E-state index contributed by atoms with van der Waals surface area (Å²) in [5, 5.41) is 2.73. The molecule has 6 nitrogen and oxygen atoms in total. The van der Waals surface area contributed by atoms with Gasteiger partial charge in [-0.15, -0.1) is 0 Å². The van der Waals surface area contributed by atoms with E-state index in [1.807, 2.05) is 25.1 Å². The molecule has 0 fully saturated rings. The molecule has 2 rings (SSSR count). The molecule has 0 saturated carbocycles. The Balaban J connectivity index is 2.22. The fourth-order valence-electron chi connectivity index (χ4n) is 2.31. The molecule has 1 amide bonds. The summed E-state index contributed by atoms with van der Waals surface area (Å²) in [6, 6.07) is 13.9. The maximum absolute atomic E-state index is 12.4. The van der Waals surface area contributed by atoms with Crippen molar-refractivity contribution < 1.29 is 17.9 Å². The second kappa shape index (κ2) is 8.02. The maximum Gasteiger partial charge on any atom is 0.245 e. The summed E-state index contributed by atoms with van der Waals surface area (Å²) >= 11 is 0. The zero-order chi connectivity index (χ0) is 18.4. The number of hydrogen-bond donors (Lipinski definition) is 1. The number of ether oxygens (including phenoxy) is 1. The molecule has 0 saturated heterocycles. The molecular weight excluding hydrogens is 340 g/mol. The molecule has 1 N–H and O–H groups in total. The number of carbonyl (C=O) groups is 1. The second-order valence-corrected chi connectivity index (χ2v) is 7.70. The average Bonchev–Trinajstić information content (AvgIpc) is 2.60. The van der Waals surface area contributed by atoms with Gasteiger partial charge in [0.15, 0.2) is 0 Å². The largest absolute Gasteiger partial charge is 0.497 e. The number of aryl methyl sites for hydroxylation is 1. The molecule has 25 heavy (non-hydrogen) atoms. The number of sulfonamides is 1. The number of hydrogen-bond acceptors (Lipinski definition) is 4. The van der Waals surface area contributed by atoms with E-state index >= 15 is 0 Å². The van der Waals surface area contributed by atoms with E-state index in [0.717, 1.165) is 9.87 Å². The van der Waals surface area contributed by atoms with Gasteiger partial charge in [-0.3, -0.25) is 9.10 Å². The minimum Gasteiger partial charge on any atom is -0.497 e. The van der Waals surface area contributed by atoms with Gasteiger partial charge in [0.25, 0.3) is 0 Å². The van der Waals surface area contributed by atoms with E-state index in [4.69, 9.17) is 4.74 Å². The van der Waals surface area contributed by atoms with Gasteiger partial charge in [0.05, 0.1) is 18.6 Å². The lowest BCUT2D eigenvalue weighted by atomic mass is 10.2. The van der Waals surface area contributed by atoms with Crippen LogP contribution in [0.5, 0.6) is 5.75 Å². The van der Waals surface area contributed by atoms with Crippen LogP contribution in [-0.4, -0.2) is 33.7 Å². The van der Waals surface area contributed by atoms with Crippen LogP contribution in [0, 0.1) is 6.92 Å². The van der Waals surface area contributed by atoms with Crippen molar-refractivity contribution in [2.75, 3.05) is 29.0 Å². The van der Waals surface area contributed by atoms with Crippen LogP contribution in [0.25, 0.3) is 0 Å². The predicted octanol–water partition coefficient (Wildman–Crippen LogP) is 2.80. The van der Waals surface area contributed by atoms with Gasteiger partial charge in [0.2, 0.25) is 15.9 Å². The van der Waals surface area contributed by atoms with Gasteiger partial charge < -0.3 is 10.1 Å². The van der Waals surface area contributed by atoms with Crippen molar-refractivity contribution in [1.82, 2.24) is 0 Å². The van der Waals surface area contributed by atoms with Crippen LogP contribution in [0.2, 0.25) is 0 Å². The van der Waals surface area contributed by atoms with Gasteiger partial charge in [-0.1, -0.05) is 12.1 Å². The Bertz CT molecular complexity index is 832. The van der Waals surface area contributed by atoms with Gasteiger partial charge in [0, 0.05) is 5.69 Å². The molecule has 134 valence electrons. The summed E-state index contributed by atoms with van der Waals surface area (Å²) < 4.78 is 31.0. The Morgan fingerprint density at radius 1 is 1.16 bits per heavy atom. The van der Waals surface area contributed by atoms with Crippen LogP contribution in [0.1, 0.15) is 12.5 Å². The van der Waals surface area contributed by atoms with E-state index < -0.39 is 15.9 Å². The SMILES string of the molecule is CCS(=O)(=O)N(CC(=O)Nc1cccc(C)c1)c1ccc(OC)cc1. The second-order valence-electron chi connectivity index (χ2n) is 5.52. The molecule has 7 heteroatoms. The van der Waals surface area contributed by atoms with E-state index in [-0.39, 0.29) is 12.3 Å². The first-order valence-corrected chi connectivity index (χ1v) is 9.47. The quantitative estimate of drug-likeness (QED) is 0.822. The molecule has 0 aromatic heterocycles. The number of benzene rings is 2. The molecule has 0 aliphatic rings. The Kier molecular flexibility index (Phi) is 6.03. The van der Waals surface area contributed by atoms with E-state index in [1.54, 1.807) is 37.3 Å². The number of rotatable bonds is 7. The van der Waals surface area contributed by atoms with Crippen molar-refractivity contribution in [2.45, 2.75) is 13.8 Å². The molecule has 0 unspecified atom stereocenters. The third-order valence-electron chi connectivity index (χ3n) is 3.65. The molecule has 0 aliphatic heterocycles. The van der Waals surface area contributed by atoms with E-state index in [1.165, 1.54) is 7.11 Å². The fourth-order valence-corrected chi connectivity index (χ4v) is 3.38. The topological polar surface area (TPSA) is 75.7 Å². The van der Waals surface area contributed by atoms with E-state index in [9.17, 15) is 13.2 Å². The van der Waals surface area contributed by atoms with Crippen molar-refractivity contribution >= 4 is 27.3 Å². The highest BCUT2D eigenvalue weighted by Crippen LogP contribution is 2.22. The monoisotopic (exact) mass is 362 g/mol. The van der Waals surface area contributed by atoms with Crippen LogP contribution in [-0.2, 0) is 14.8 Å². The number of anilines is 2.